The molecule has 0 aliphatic carbocycles. The van der Waals surface area contributed by atoms with Crippen molar-refractivity contribution in [1.29, 1.82) is 0 Å². The zero-order chi connectivity index (χ0) is 22.2. The first-order valence-corrected chi connectivity index (χ1v) is 11.7. The summed E-state index contributed by atoms with van der Waals surface area (Å²) in [5, 5.41) is 7.92. The van der Waals surface area contributed by atoms with Gasteiger partial charge in [0.25, 0.3) is 0 Å². The number of hydrogen-bond donors (Lipinski definition) is 2. The highest BCUT2D eigenvalue weighted by Crippen LogP contribution is 2.25. The molecule has 0 aromatic carbocycles. The van der Waals surface area contributed by atoms with Gasteiger partial charge in [0, 0.05) is 38.8 Å². The molecule has 1 unspecified atom stereocenters. The van der Waals surface area contributed by atoms with E-state index in [1.807, 2.05) is 22.7 Å². The van der Waals surface area contributed by atoms with Crippen LogP contribution in [0.4, 0.5) is 5.69 Å². The fourth-order valence-corrected chi connectivity index (χ4v) is 4.29. The van der Waals surface area contributed by atoms with E-state index in [1.165, 1.54) is 6.34 Å². The molecule has 31 heavy (non-hydrogen) atoms. The Morgan fingerprint density at radius 1 is 1.42 bits per heavy atom. The fourth-order valence-electron chi connectivity index (χ4n) is 3.94. The number of allylic oxidation sites excluding steroid dienone is 1. The van der Waals surface area contributed by atoms with E-state index in [2.05, 4.69) is 48.3 Å². The highest BCUT2D eigenvalue weighted by molar-refractivity contribution is 9.12. The Kier molecular flexibility index (Phi) is 8.65. The maximum atomic E-state index is 11.9. The van der Waals surface area contributed by atoms with Gasteiger partial charge in [-0.2, -0.15) is 5.10 Å². The van der Waals surface area contributed by atoms with E-state index in [4.69, 9.17) is 5.73 Å². The van der Waals surface area contributed by atoms with E-state index >= 15 is 0 Å². The highest BCUT2D eigenvalue weighted by atomic mass is 79.9. The number of aryl methyl sites for hydroxylation is 1. The van der Waals surface area contributed by atoms with Crippen LogP contribution in [0.15, 0.2) is 26.5 Å². The van der Waals surface area contributed by atoms with Gasteiger partial charge in [0.1, 0.15) is 11.5 Å². The number of carbonyl (C=O) groups is 1. The summed E-state index contributed by atoms with van der Waals surface area (Å²) in [4.78, 5) is 25.0. The Hall–Kier alpha value is -2.20. The average molecular weight is 493 g/mol. The molecule has 3 N–H and O–H groups in total. The van der Waals surface area contributed by atoms with Gasteiger partial charge in [-0.3, -0.25) is 14.5 Å². The number of aromatic nitrogens is 2. The lowest BCUT2D eigenvalue weighted by molar-refractivity contribution is -0.133. The number of likely N-dealkylation sites (tertiary alicyclic amines) is 2. The summed E-state index contributed by atoms with van der Waals surface area (Å²) in [7, 11) is 2.13. The molecule has 3 rings (SSSR count). The highest BCUT2D eigenvalue weighted by Gasteiger charge is 2.22. The molecule has 2 aliphatic rings. The molecule has 0 radical (unpaired) electrons. The molecular formula is C21H33BrN8O. The van der Waals surface area contributed by atoms with E-state index < -0.39 is 0 Å². The predicted octanol–water partition coefficient (Wildman–Crippen LogP) is 2.31. The van der Waals surface area contributed by atoms with Crippen molar-refractivity contribution < 1.29 is 4.79 Å². The number of hydrogen-bond acceptors (Lipinski definition) is 6. The van der Waals surface area contributed by atoms with Crippen molar-refractivity contribution in [1.82, 2.24) is 24.9 Å². The number of carbonyl (C=O) groups excluding carboxylic acids is 1. The van der Waals surface area contributed by atoms with Crippen LogP contribution in [0, 0.1) is 6.92 Å². The molecule has 2 fully saturated rings. The minimum Gasteiger partial charge on any atom is -0.390 e. The van der Waals surface area contributed by atoms with Gasteiger partial charge < -0.3 is 20.9 Å². The van der Waals surface area contributed by atoms with Gasteiger partial charge in [-0.25, -0.2) is 4.99 Å². The first-order valence-electron chi connectivity index (χ1n) is 10.9. The third-order valence-corrected chi connectivity index (χ3v) is 6.28. The summed E-state index contributed by atoms with van der Waals surface area (Å²) < 4.78 is 2.73. The molecule has 170 valence electrons. The van der Waals surface area contributed by atoms with Crippen LogP contribution in [0.2, 0.25) is 0 Å². The molecule has 9 nitrogen and oxygen atoms in total. The van der Waals surface area contributed by atoms with Gasteiger partial charge in [-0.1, -0.05) is 0 Å². The number of nitrogens with two attached hydrogens (primary N) is 1. The number of piperidine rings is 1. The monoisotopic (exact) mass is 492 g/mol. The number of nitrogens with one attached hydrogen (secondary N) is 1. The molecule has 2 saturated heterocycles. The third-order valence-electron chi connectivity index (χ3n) is 5.70. The lowest BCUT2D eigenvalue weighted by Gasteiger charge is -2.26. The number of halogens is 1. The summed E-state index contributed by atoms with van der Waals surface area (Å²) in [6.45, 7) is 6.38. The molecule has 1 aromatic rings. The second-order valence-electron chi connectivity index (χ2n) is 8.14. The first-order chi connectivity index (χ1) is 15.0. The van der Waals surface area contributed by atoms with Crippen LogP contribution in [-0.2, 0) is 4.79 Å². The second kappa shape index (κ2) is 11.4. The van der Waals surface area contributed by atoms with Gasteiger partial charge in [0.15, 0.2) is 0 Å². The maximum absolute atomic E-state index is 11.9. The minimum atomic E-state index is 0.260. The molecular weight excluding hydrogens is 460 g/mol. The molecule has 0 bridgehead atoms. The third kappa shape index (κ3) is 6.64. The van der Waals surface area contributed by atoms with Gasteiger partial charge in [0.05, 0.1) is 28.8 Å². The molecule has 10 heteroatoms. The van der Waals surface area contributed by atoms with Crippen LogP contribution in [0.5, 0.6) is 0 Å². The minimum absolute atomic E-state index is 0.260. The second-order valence-corrected chi connectivity index (χ2v) is 8.99. The van der Waals surface area contributed by atoms with Crippen LogP contribution in [0.1, 0.15) is 43.8 Å². The van der Waals surface area contributed by atoms with E-state index in [9.17, 15) is 4.79 Å². The summed E-state index contributed by atoms with van der Waals surface area (Å²) in [5.74, 6) is 0.870. The molecule has 3 heterocycles. The van der Waals surface area contributed by atoms with E-state index in [0.717, 1.165) is 63.2 Å². The summed E-state index contributed by atoms with van der Waals surface area (Å²) in [5.41, 5.74) is 7.26. The summed E-state index contributed by atoms with van der Waals surface area (Å²) >= 11 is 3.55. The summed E-state index contributed by atoms with van der Waals surface area (Å²) in [6, 6.07) is 0.400. The normalized spacial score (nSPS) is 21.5. The molecule has 0 spiro atoms. The van der Waals surface area contributed by atoms with Crippen molar-refractivity contribution in [2.24, 2.45) is 15.7 Å². The molecule has 0 saturated carbocycles. The van der Waals surface area contributed by atoms with Crippen LogP contribution in [0.3, 0.4) is 0 Å². The van der Waals surface area contributed by atoms with Gasteiger partial charge in [-0.05, 0) is 62.1 Å². The Bertz CT molecular complexity index is 846. The van der Waals surface area contributed by atoms with Crippen molar-refractivity contribution in [3.63, 3.8) is 0 Å². The number of likely N-dealkylation sites (N-methyl/N-ethyl adjacent to an activating group) is 1. The van der Waals surface area contributed by atoms with Crippen LogP contribution in [0.25, 0.3) is 0 Å². The van der Waals surface area contributed by atoms with Gasteiger partial charge in [0.2, 0.25) is 5.91 Å². The molecule has 1 aromatic heterocycles. The maximum Gasteiger partial charge on any atom is 0.222 e. The van der Waals surface area contributed by atoms with Crippen molar-refractivity contribution in [2.75, 3.05) is 39.8 Å². The van der Waals surface area contributed by atoms with E-state index in [0.29, 0.717) is 29.3 Å². The zero-order valence-electron chi connectivity index (χ0n) is 18.4. The number of rotatable bonds is 9. The summed E-state index contributed by atoms with van der Waals surface area (Å²) in [6.07, 6.45) is 9.70. The fraction of sp³-hybridized carbons (Fsp3) is 0.619. The predicted molar refractivity (Wildman–Crippen MR) is 128 cm³/mol. The standard InChI is InChI=1S/C21H33BrN8O/c1-16-19(14-30(27-16)17-7-11-28(2)13-17)25-12-18(22)21(26-15-23)24-8-5-10-29-9-4-3-6-20(29)31/h12,14-15,17,24H,3-11,13H2,1-2H3,(H2,23,26)/b21-18+,25-12-. The SMILES string of the molecule is Cc1nn(C2CCN(C)C2)cc1\N=C/C(Br)=C(\N=C\N)NCCCN1CCCCC1=O. The Morgan fingerprint density at radius 3 is 2.97 bits per heavy atom. The van der Waals surface area contributed by atoms with Gasteiger partial charge in [-0.15, -0.1) is 0 Å². The lowest BCUT2D eigenvalue weighted by Crippen LogP contribution is -2.37. The lowest BCUT2D eigenvalue weighted by atomic mass is 10.1. The molecule has 1 atom stereocenters. The molecule has 1 amide bonds. The van der Waals surface area contributed by atoms with E-state index in [-0.39, 0.29) is 5.91 Å². The van der Waals surface area contributed by atoms with Gasteiger partial charge >= 0.3 is 0 Å². The topological polar surface area (TPSA) is 104 Å². The Morgan fingerprint density at radius 2 is 2.26 bits per heavy atom. The average Bonchev–Trinajstić information content (AvgIpc) is 3.35. The zero-order valence-corrected chi connectivity index (χ0v) is 20.0. The van der Waals surface area contributed by atoms with Crippen molar-refractivity contribution in [2.45, 2.75) is 45.1 Å². The van der Waals surface area contributed by atoms with Crippen LogP contribution >= 0.6 is 15.9 Å². The number of nitrogens with zero attached hydrogens (tertiary/aromatic N) is 6. The van der Waals surface area contributed by atoms with Crippen molar-refractivity contribution in [3.05, 3.63) is 22.2 Å². The van der Waals surface area contributed by atoms with Crippen LogP contribution in [-0.4, -0.2) is 77.8 Å². The smallest absolute Gasteiger partial charge is 0.222 e. The van der Waals surface area contributed by atoms with E-state index in [1.54, 1.807) is 6.21 Å². The van der Waals surface area contributed by atoms with Crippen molar-refractivity contribution >= 4 is 40.1 Å². The largest absolute Gasteiger partial charge is 0.390 e. The van der Waals surface area contributed by atoms with Crippen molar-refractivity contribution in [3.8, 4) is 0 Å². The number of aliphatic imine (C=N–C) groups is 2. The number of amides is 1. The Labute approximate surface area is 192 Å². The quantitative estimate of drug-likeness (QED) is 0.312. The van der Waals surface area contributed by atoms with Crippen LogP contribution < -0.4 is 11.1 Å². The Balaban J connectivity index is 1.57. The first kappa shape index (κ1) is 23.5. The molecule has 2 aliphatic heterocycles.